The summed E-state index contributed by atoms with van der Waals surface area (Å²) < 4.78 is 52.2. The molecule has 0 aliphatic carbocycles. The Hall–Kier alpha value is -2.06. The molecule has 25 heavy (non-hydrogen) atoms. The molecule has 0 spiro atoms. The summed E-state index contributed by atoms with van der Waals surface area (Å²) in [6.07, 6.45) is 1.73. The first-order chi connectivity index (χ1) is 11.6. The number of hydrogen-bond donors (Lipinski definition) is 1. The van der Waals surface area contributed by atoms with Crippen LogP contribution in [0.5, 0.6) is 0 Å². The molecule has 3 rings (SSSR count). The molecule has 0 radical (unpaired) electrons. The number of aryl methyl sites for hydroxylation is 1. The van der Waals surface area contributed by atoms with Crippen LogP contribution in [-0.4, -0.2) is 29.6 Å². The van der Waals surface area contributed by atoms with Crippen LogP contribution in [-0.2, 0) is 32.2 Å². The van der Waals surface area contributed by atoms with Gasteiger partial charge in [-0.1, -0.05) is 29.8 Å². The van der Waals surface area contributed by atoms with Gasteiger partial charge in [-0.3, -0.25) is 9.03 Å². The zero-order valence-electron chi connectivity index (χ0n) is 14.1. The maximum atomic E-state index is 12.4. The lowest BCUT2D eigenvalue weighted by Gasteiger charge is -2.16. The summed E-state index contributed by atoms with van der Waals surface area (Å²) in [6.45, 7) is 2.30. The average molecular weight is 380 g/mol. The van der Waals surface area contributed by atoms with Crippen LogP contribution in [0.3, 0.4) is 0 Å². The number of sulfonamides is 2. The lowest BCUT2D eigenvalue weighted by atomic mass is 10.1. The van der Waals surface area contributed by atoms with Crippen LogP contribution >= 0.6 is 0 Å². The molecule has 1 heterocycles. The number of hydrogen-bond acceptors (Lipinski definition) is 4. The van der Waals surface area contributed by atoms with E-state index in [-0.39, 0.29) is 5.75 Å². The normalized spacial score (nSPS) is 14.4. The van der Waals surface area contributed by atoms with Gasteiger partial charge in [0.2, 0.25) is 20.0 Å². The van der Waals surface area contributed by atoms with E-state index < -0.39 is 20.0 Å². The van der Waals surface area contributed by atoms with Crippen molar-refractivity contribution in [3.8, 4) is 0 Å². The lowest BCUT2D eigenvalue weighted by molar-refractivity contribution is 0.597. The predicted molar refractivity (Wildman–Crippen MR) is 99.8 cm³/mol. The molecule has 1 aliphatic rings. The van der Waals surface area contributed by atoms with Crippen LogP contribution in [0.25, 0.3) is 0 Å². The van der Waals surface area contributed by atoms with Gasteiger partial charge in [-0.05, 0) is 42.7 Å². The summed E-state index contributed by atoms with van der Waals surface area (Å²) >= 11 is 0. The van der Waals surface area contributed by atoms with E-state index in [0.29, 0.717) is 24.3 Å². The van der Waals surface area contributed by atoms with Gasteiger partial charge in [-0.2, -0.15) is 0 Å². The molecule has 0 aromatic heterocycles. The zero-order chi connectivity index (χ0) is 18.2. The first-order valence-electron chi connectivity index (χ1n) is 7.81. The van der Waals surface area contributed by atoms with Gasteiger partial charge >= 0.3 is 0 Å². The molecule has 0 saturated carbocycles. The third-order valence-electron chi connectivity index (χ3n) is 4.05. The van der Waals surface area contributed by atoms with Crippen molar-refractivity contribution in [2.24, 2.45) is 0 Å². The molecule has 1 N–H and O–H groups in total. The van der Waals surface area contributed by atoms with E-state index in [4.69, 9.17) is 0 Å². The van der Waals surface area contributed by atoms with Crippen LogP contribution in [0.2, 0.25) is 0 Å². The fraction of sp³-hybridized carbons (Fsp3) is 0.294. The molecule has 2 aromatic carbocycles. The second-order valence-electron chi connectivity index (χ2n) is 6.28. The summed E-state index contributed by atoms with van der Waals surface area (Å²) in [5.74, 6) is -0.110. The molecule has 6 nitrogen and oxygen atoms in total. The minimum absolute atomic E-state index is 0.110. The van der Waals surface area contributed by atoms with Crippen LogP contribution in [0.4, 0.5) is 11.4 Å². The molecular weight excluding hydrogens is 360 g/mol. The summed E-state index contributed by atoms with van der Waals surface area (Å²) in [5, 5.41) is 0. The minimum atomic E-state index is -3.55. The molecule has 0 fully saturated rings. The van der Waals surface area contributed by atoms with Gasteiger partial charge in [0, 0.05) is 12.2 Å². The predicted octanol–water partition coefficient (Wildman–Crippen LogP) is 2.26. The fourth-order valence-corrected chi connectivity index (χ4v) is 5.15. The van der Waals surface area contributed by atoms with E-state index in [2.05, 4.69) is 4.72 Å². The van der Waals surface area contributed by atoms with Crippen molar-refractivity contribution in [2.75, 3.05) is 21.8 Å². The van der Waals surface area contributed by atoms with E-state index in [1.54, 1.807) is 24.3 Å². The Labute approximate surface area is 148 Å². The highest BCUT2D eigenvalue weighted by atomic mass is 32.2. The fourth-order valence-electron chi connectivity index (χ4n) is 3.02. The first kappa shape index (κ1) is 17.8. The third kappa shape index (κ3) is 4.13. The number of fused-ring (bicyclic) bond motifs is 1. The minimum Gasteiger partial charge on any atom is -0.283 e. The Morgan fingerprint density at radius 3 is 2.52 bits per heavy atom. The molecule has 8 heteroatoms. The Kier molecular flexibility index (Phi) is 4.51. The SMILES string of the molecule is Cc1cccc(CS(=O)(=O)Nc2ccc3c(c2)CCN3S(C)(=O)=O)c1. The smallest absolute Gasteiger partial charge is 0.236 e. The van der Waals surface area contributed by atoms with Crippen molar-refractivity contribution in [3.63, 3.8) is 0 Å². The Morgan fingerprint density at radius 2 is 1.84 bits per heavy atom. The maximum Gasteiger partial charge on any atom is 0.236 e. The molecule has 0 saturated heterocycles. The van der Waals surface area contributed by atoms with Crippen LogP contribution in [0.15, 0.2) is 42.5 Å². The Bertz CT molecular complexity index is 1010. The highest BCUT2D eigenvalue weighted by molar-refractivity contribution is 7.92. The van der Waals surface area contributed by atoms with Crippen molar-refractivity contribution in [2.45, 2.75) is 19.1 Å². The average Bonchev–Trinajstić information content (AvgIpc) is 2.89. The number of benzene rings is 2. The highest BCUT2D eigenvalue weighted by Crippen LogP contribution is 2.32. The van der Waals surface area contributed by atoms with E-state index in [1.165, 1.54) is 10.6 Å². The number of nitrogens with zero attached hydrogens (tertiary/aromatic N) is 1. The standard InChI is InChI=1S/C17H20N2O4S2/c1-13-4-3-5-14(10-13)12-25(22,23)18-16-6-7-17-15(11-16)8-9-19(17)24(2,20)21/h3-7,10-11,18H,8-9,12H2,1-2H3. The molecule has 0 unspecified atom stereocenters. The Balaban J connectivity index is 1.80. The highest BCUT2D eigenvalue weighted by Gasteiger charge is 2.26. The maximum absolute atomic E-state index is 12.4. The summed E-state index contributed by atoms with van der Waals surface area (Å²) in [6, 6.07) is 12.3. The van der Waals surface area contributed by atoms with Gasteiger partial charge in [-0.25, -0.2) is 16.8 Å². The molecule has 0 atom stereocenters. The van der Waals surface area contributed by atoms with Gasteiger partial charge in [0.15, 0.2) is 0 Å². The molecule has 1 aliphatic heterocycles. The molecule has 0 bridgehead atoms. The van der Waals surface area contributed by atoms with E-state index in [9.17, 15) is 16.8 Å². The van der Waals surface area contributed by atoms with Gasteiger partial charge in [0.25, 0.3) is 0 Å². The van der Waals surface area contributed by atoms with Crippen molar-refractivity contribution in [3.05, 3.63) is 59.2 Å². The van der Waals surface area contributed by atoms with E-state index in [0.717, 1.165) is 16.7 Å². The van der Waals surface area contributed by atoms with Crippen molar-refractivity contribution < 1.29 is 16.8 Å². The van der Waals surface area contributed by atoms with Gasteiger partial charge in [0.1, 0.15) is 0 Å². The largest absolute Gasteiger partial charge is 0.283 e. The van der Waals surface area contributed by atoms with Crippen molar-refractivity contribution in [1.29, 1.82) is 0 Å². The van der Waals surface area contributed by atoms with Gasteiger partial charge < -0.3 is 0 Å². The molecule has 2 aromatic rings. The van der Waals surface area contributed by atoms with Crippen LogP contribution in [0.1, 0.15) is 16.7 Å². The van der Waals surface area contributed by atoms with E-state index >= 15 is 0 Å². The third-order valence-corrected chi connectivity index (χ3v) is 6.49. The lowest BCUT2D eigenvalue weighted by Crippen LogP contribution is -2.27. The number of anilines is 2. The topological polar surface area (TPSA) is 83.6 Å². The summed E-state index contributed by atoms with van der Waals surface area (Å²) in [4.78, 5) is 0. The molecular formula is C17H20N2O4S2. The second kappa shape index (κ2) is 6.34. The van der Waals surface area contributed by atoms with Gasteiger partial charge in [0.05, 0.1) is 17.7 Å². The first-order valence-corrected chi connectivity index (χ1v) is 11.3. The van der Waals surface area contributed by atoms with Crippen LogP contribution < -0.4 is 9.03 Å². The molecule has 0 amide bonds. The monoisotopic (exact) mass is 380 g/mol. The van der Waals surface area contributed by atoms with E-state index in [1.807, 2.05) is 25.1 Å². The van der Waals surface area contributed by atoms with Crippen LogP contribution in [0, 0.1) is 6.92 Å². The molecule has 134 valence electrons. The summed E-state index contributed by atoms with van der Waals surface area (Å²) in [5.41, 5.74) is 3.61. The van der Waals surface area contributed by atoms with Gasteiger partial charge in [-0.15, -0.1) is 0 Å². The Morgan fingerprint density at radius 1 is 1.08 bits per heavy atom. The van der Waals surface area contributed by atoms with Crippen molar-refractivity contribution in [1.82, 2.24) is 0 Å². The quantitative estimate of drug-likeness (QED) is 0.862. The van der Waals surface area contributed by atoms with Crippen molar-refractivity contribution >= 4 is 31.4 Å². The number of rotatable bonds is 5. The second-order valence-corrected chi connectivity index (χ2v) is 9.91. The summed E-state index contributed by atoms with van der Waals surface area (Å²) in [7, 11) is -6.86. The number of nitrogens with one attached hydrogen (secondary N) is 1. The zero-order valence-corrected chi connectivity index (χ0v) is 15.7.